The molecule has 4 aromatic rings. The second-order valence-electron chi connectivity index (χ2n) is 6.03. The number of ether oxygens (including phenoxy) is 1. The first kappa shape index (κ1) is 16.8. The van der Waals surface area contributed by atoms with Crippen molar-refractivity contribution in [3.05, 3.63) is 78.0 Å². The topological polar surface area (TPSA) is 86.3 Å². The number of rotatable bonds is 6. The summed E-state index contributed by atoms with van der Waals surface area (Å²) in [6.45, 7) is 0.882. The normalized spacial score (nSPS) is 10.9. The molecule has 0 atom stereocenters. The number of hydrogen-bond donors (Lipinski definition) is 1. The molecule has 1 aromatic carbocycles. The molecule has 1 amide bonds. The van der Waals surface area contributed by atoms with Gasteiger partial charge in [-0.05, 0) is 29.8 Å². The van der Waals surface area contributed by atoms with Crippen molar-refractivity contribution in [3.8, 4) is 5.75 Å². The molecule has 0 aliphatic heterocycles. The van der Waals surface area contributed by atoms with E-state index in [1.165, 1.54) is 0 Å². The molecule has 0 bridgehead atoms. The third kappa shape index (κ3) is 3.79. The molecule has 0 unspecified atom stereocenters. The van der Waals surface area contributed by atoms with Gasteiger partial charge in [-0.3, -0.25) is 4.79 Å². The summed E-state index contributed by atoms with van der Waals surface area (Å²) >= 11 is 0. The average Bonchev–Trinajstić information content (AvgIpc) is 3.33. The number of fused-ring (bicyclic) bond motifs is 1. The average molecular weight is 362 g/mol. The van der Waals surface area contributed by atoms with Gasteiger partial charge >= 0.3 is 0 Å². The molecule has 3 heterocycles. The lowest BCUT2D eigenvalue weighted by Crippen LogP contribution is -2.23. The van der Waals surface area contributed by atoms with Gasteiger partial charge in [-0.2, -0.15) is 0 Å². The van der Waals surface area contributed by atoms with Gasteiger partial charge in [0.2, 0.25) is 0 Å². The van der Waals surface area contributed by atoms with Crippen molar-refractivity contribution < 1.29 is 9.53 Å². The van der Waals surface area contributed by atoms with E-state index in [1.807, 2.05) is 54.9 Å². The van der Waals surface area contributed by atoms with E-state index in [4.69, 9.17) is 4.74 Å². The van der Waals surface area contributed by atoms with Crippen molar-refractivity contribution in [2.45, 2.75) is 13.1 Å². The summed E-state index contributed by atoms with van der Waals surface area (Å²) in [4.78, 5) is 16.6. The second-order valence-corrected chi connectivity index (χ2v) is 6.03. The minimum atomic E-state index is -0.247. The van der Waals surface area contributed by atoms with Gasteiger partial charge in [0.1, 0.15) is 22.8 Å². The van der Waals surface area contributed by atoms with Crippen LogP contribution in [0, 0.1) is 0 Å². The van der Waals surface area contributed by atoms with Crippen LogP contribution in [0.15, 0.2) is 61.1 Å². The van der Waals surface area contributed by atoms with Crippen molar-refractivity contribution in [1.29, 1.82) is 0 Å². The monoisotopic (exact) mass is 362 g/mol. The SMILES string of the molecule is COc1ccc(Cn2cc(CNC(=O)c3cn4ccccc4n3)nn2)cc1. The Balaban J connectivity index is 1.36. The number of pyridine rings is 1. The number of carbonyl (C=O) groups is 1. The Labute approximate surface area is 155 Å². The number of nitrogens with zero attached hydrogens (tertiary/aromatic N) is 5. The van der Waals surface area contributed by atoms with Gasteiger partial charge in [0.25, 0.3) is 5.91 Å². The first-order chi connectivity index (χ1) is 13.2. The molecule has 0 saturated heterocycles. The number of carbonyl (C=O) groups excluding carboxylic acids is 1. The zero-order chi connectivity index (χ0) is 18.6. The number of imidazole rings is 1. The largest absolute Gasteiger partial charge is 0.497 e. The lowest BCUT2D eigenvalue weighted by atomic mass is 10.2. The van der Waals surface area contributed by atoms with Crippen LogP contribution in [0.1, 0.15) is 21.7 Å². The van der Waals surface area contributed by atoms with E-state index >= 15 is 0 Å². The van der Waals surface area contributed by atoms with Crippen molar-refractivity contribution in [2.75, 3.05) is 7.11 Å². The first-order valence-corrected chi connectivity index (χ1v) is 8.45. The third-order valence-corrected chi connectivity index (χ3v) is 4.12. The number of hydrogen-bond acceptors (Lipinski definition) is 5. The molecule has 8 heteroatoms. The Bertz CT molecular complexity index is 1030. The molecule has 0 saturated carbocycles. The van der Waals surface area contributed by atoms with Crippen LogP contribution >= 0.6 is 0 Å². The van der Waals surface area contributed by atoms with Gasteiger partial charge in [-0.15, -0.1) is 5.10 Å². The van der Waals surface area contributed by atoms with E-state index in [2.05, 4.69) is 20.6 Å². The summed E-state index contributed by atoms with van der Waals surface area (Å²) in [6.07, 6.45) is 5.36. The fourth-order valence-electron chi connectivity index (χ4n) is 2.72. The van der Waals surface area contributed by atoms with Crippen molar-refractivity contribution in [3.63, 3.8) is 0 Å². The molecule has 0 radical (unpaired) electrons. The summed E-state index contributed by atoms with van der Waals surface area (Å²) in [5.74, 6) is 0.566. The van der Waals surface area contributed by atoms with Crippen LogP contribution in [-0.4, -0.2) is 37.4 Å². The maximum Gasteiger partial charge on any atom is 0.271 e. The standard InChI is InChI=1S/C19H18N6O2/c1-27-16-7-5-14(6-8-16)11-25-12-15(22-23-25)10-20-19(26)17-13-24-9-3-2-4-18(24)21-17/h2-9,12-13H,10-11H2,1H3,(H,20,26). The molecule has 4 rings (SSSR count). The minimum Gasteiger partial charge on any atom is -0.497 e. The molecule has 27 heavy (non-hydrogen) atoms. The summed E-state index contributed by atoms with van der Waals surface area (Å²) in [7, 11) is 1.64. The van der Waals surface area contributed by atoms with Gasteiger partial charge in [-0.25, -0.2) is 9.67 Å². The molecule has 136 valence electrons. The Kier molecular flexibility index (Phi) is 4.52. The molecule has 1 N–H and O–H groups in total. The molecule has 8 nitrogen and oxygen atoms in total. The fraction of sp³-hybridized carbons (Fsp3) is 0.158. The fourth-order valence-corrected chi connectivity index (χ4v) is 2.72. The third-order valence-electron chi connectivity index (χ3n) is 4.12. The summed E-state index contributed by atoms with van der Waals surface area (Å²) in [5, 5.41) is 11.0. The number of aromatic nitrogens is 5. The summed E-state index contributed by atoms with van der Waals surface area (Å²) in [5.41, 5.74) is 2.86. The predicted octanol–water partition coefficient (Wildman–Crippen LogP) is 1.91. The Morgan fingerprint density at radius 2 is 2.00 bits per heavy atom. The first-order valence-electron chi connectivity index (χ1n) is 8.45. The van der Waals surface area contributed by atoms with E-state index in [0.29, 0.717) is 17.9 Å². The molecule has 0 aliphatic carbocycles. The number of nitrogens with one attached hydrogen (secondary N) is 1. The van der Waals surface area contributed by atoms with Crippen LogP contribution in [0.25, 0.3) is 5.65 Å². The molecular weight excluding hydrogens is 344 g/mol. The van der Waals surface area contributed by atoms with Gasteiger partial charge in [0, 0.05) is 12.4 Å². The summed E-state index contributed by atoms with van der Waals surface area (Å²) in [6, 6.07) is 13.4. The number of benzene rings is 1. The van der Waals surface area contributed by atoms with Crippen LogP contribution in [0.3, 0.4) is 0 Å². The zero-order valence-corrected chi connectivity index (χ0v) is 14.7. The van der Waals surface area contributed by atoms with Crippen molar-refractivity contribution in [2.24, 2.45) is 0 Å². The minimum absolute atomic E-state index is 0.247. The van der Waals surface area contributed by atoms with Gasteiger partial charge in [0.05, 0.1) is 26.4 Å². The molecule has 0 fully saturated rings. The van der Waals surface area contributed by atoms with Gasteiger partial charge in [-0.1, -0.05) is 23.4 Å². The maximum absolute atomic E-state index is 12.3. The van der Waals surface area contributed by atoms with Gasteiger partial charge < -0.3 is 14.5 Å². The Morgan fingerprint density at radius 1 is 1.15 bits per heavy atom. The van der Waals surface area contributed by atoms with Crippen LogP contribution < -0.4 is 10.1 Å². The predicted molar refractivity (Wildman–Crippen MR) is 98.5 cm³/mol. The summed E-state index contributed by atoms with van der Waals surface area (Å²) < 4.78 is 8.69. The van der Waals surface area contributed by atoms with Gasteiger partial charge in [0.15, 0.2) is 0 Å². The van der Waals surface area contributed by atoms with E-state index < -0.39 is 0 Å². The van der Waals surface area contributed by atoms with Crippen molar-refractivity contribution >= 4 is 11.6 Å². The van der Waals surface area contributed by atoms with E-state index in [1.54, 1.807) is 22.4 Å². The van der Waals surface area contributed by atoms with Crippen molar-refractivity contribution in [1.82, 2.24) is 29.7 Å². The quantitative estimate of drug-likeness (QED) is 0.566. The van der Waals surface area contributed by atoms with E-state index in [0.717, 1.165) is 17.0 Å². The zero-order valence-electron chi connectivity index (χ0n) is 14.7. The van der Waals surface area contributed by atoms with Crippen LogP contribution in [-0.2, 0) is 13.1 Å². The highest BCUT2D eigenvalue weighted by atomic mass is 16.5. The molecule has 3 aromatic heterocycles. The lowest BCUT2D eigenvalue weighted by molar-refractivity contribution is 0.0946. The highest BCUT2D eigenvalue weighted by molar-refractivity contribution is 5.92. The molecular formula is C19H18N6O2. The van der Waals surface area contributed by atoms with Crippen LogP contribution in [0.4, 0.5) is 0 Å². The van der Waals surface area contributed by atoms with Crippen LogP contribution in [0.2, 0.25) is 0 Å². The molecule has 0 aliphatic rings. The Morgan fingerprint density at radius 3 is 2.78 bits per heavy atom. The second kappa shape index (κ2) is 7.28. The van der Waals surface area contributed by atoms with E-state index in [9.17, 15) is 4.79 Å². The van der Waals surface area contributed by atoms with Crippen LogP contribution in [0.5, 0.6) is 5.75 Å². The highest BCUT2D eigenvalue weighted by Gasteiger charge is 2.11. The number of methoxy groups -OCH3 is 1. The molecule has 0 spiro atoms. The smallest absolute Gasteiger partial charge is 0.271 e. The highest BCUT2D eigenvalue weighted by Crippen LogP contribution is 2.12. The lowest BCUT2D eigenvalue weighted by Gasteiger charge is -2.03. The maximum atomic E-state index is 12.3. The van der Waals surface area contributed by atoms with E-state index in [-0.39, 0.29) is 12.5 Å². The Hall–Kier alpha value is -3.68. The number of amides is 1.